The van der Waals surface area contributed by atoms with Gasteiger partial charge in [0, 0.05) is 19.5 Å². The highest BCUT2D eigenvalue weighted by atomic mass is 16.4. The van der Waals surface area contributed by atoms with Gasteiger partial charge in [-0.25, -0.2) is 0 Å². The van der Waals surface area contributed by atoms with Crippen LogP contribution in [0.2, 0.25) is 0 Å². The number of hydrogen-bond acceptors (Lipinski definition) is 3. The van der Waals surface area contributed by atoms with Crippen molar-refractivity contribution in [2.75, 3.05) is 19.7 Å². The van der Waals surface area contributed by atoms with Gasteiger partial charge in [0.15, 0.2) is 0 Å². The molecule has 2 N–H and O–H groups in total. The van der Waals surface area contributed by atoms with E-state index >= 15 is 0 Å². The molecule has 0 spiro atoms. The Morgan fingerprint density at radius 1 is 1.14 bits per heavy atom. The van der Waals surface area contributed by atoms with E-state index < -0.39 is 11.4 Å². The molecule has 21 heavy (non-hydrogen) atoms. The molecule has 0 aliphatic heterocycles. The first-order valence-corrected chi connectivity index (χ1v) is 7.91. The van der Waals surface area contributed by atoms with E-state index in [0.29, 0.717) is 6.54 Å². The van der Waals surface area contributed by atoms with Crippen molar-refractivity contribution < 1.29 is 19.8 Å². The first-order valence-electron chi connectivity index (χ1n) is 7.91. The monoisotopic (exact) mass is 301 g/mol. The van der Waals surface area contributed by atoms with Crippen LogP contribution in [0, 0.1) is 11.3 Å². The number of nitrogens with zero attached hydrogens (tertiary/aromatic N) is 1. The van der Waals surface area contributed by atoms with Crippen LogP contribution in [0.4, 0.5) is 0 Å². The van der Waals surface area contributed by atoms with Gasteiger partial charge < -0.3 is 15.1 Å². The van der Waals surface area contributed by atoms with Crippen LogP contribution in [-0.4, -0.2) is 46.7 Å². The van der Waals surface area contributed by atoms with Gasteiger partial charge in [0.1, 0.15) is 0 Å². The van der Waals surface area contributed by atoms with Gasteiger partial charge in [0.25, 0.3) is 0 Å². The second kappa shape index (κ2) is 9.77. The highest BCUT2D eigenvalue weighted by molar-refractivity contribution is 5.85. The van der Waals surface area contributed by atoms with E-state index in [0.717, 1.165) is 25.7 Å². The lowest BCUT2D eigenvalue weighted by molar-refractivity contribution is -0.155. The first-order chi connectivity index (χ1) is 9.79. The lowest BCUT2D eigenvalue weighted by atomic mass is 9.76. The maximum absolute atomic E-state index is 12.4. The van der Waals surface area contributed by atoms with Gasteiger partial charge in [0.05, 0.1) is 12.0 Å². The third-order valence-corrected chi connectivity index (χ3v) is 4.29. The van der Waals surface area contributed by atoms with Crippen molar-refractivity contribution in [3.8, 4) is 0 Å². The van der Waals surface area contributed by atoms with Gasteiger partial charge >= 0.3 is 5.97 Å². The summed E-state index contributed by atoms with van der Waals surface area (Å²) in [5.74, 6) is -1.25. The Bertz CT molecular complexity index is 330. The van der Waals surface area contributed by atoms with E-state index in [1.807, 2.05) is 13.8 Å². The molecule has 0 saturated heterocycles. The zero-order valence-corrected chi connectivity index (χ0v) is 13.9. The Morgan fingerprint density at radius 2 is 1.76 bits per heavy atom. The lowest BCUT2D eigenvalue weighted by Crippen LogP contribution is -2.42. The summed E-state index contributed by atoms with van der Waals surface area (Å²) >= 11 is 0. The third kappa shape index (κ3) is 6.46. The second-order valence-corrected chi connectivity index (χ2v) is 6.22. The number of carboxylic acids is 1. The summed E-state index contributed by atoms with van der Waals surface area (Å²) in [6.07, 6.45) is 4.17. The van der Waals surface area contributed by atoms with Gasteiger partial charge in [0.2, 0.25) is 5.91 Å². The molecular formula is C16H31NO4. The van der Waals surface area contributed by atoms with Crippen LogP contribution in [0.5, 0.6) is 0 Å². The number of amides is 1. The molecule has 5 heteroatoms. The third-order valence-electron chi connectivity index (χ3n) is 4.29. The van der Waals surface area contributed by atoms with Crippen molar-refractivity contribution in [2.24, 2.45) is 11.3 Å². The number of aliphatic carboxylic acids is 1. The summed E-state index contributed by atoms with van der Waals surface area (Å²) in [6.45, 7) is 8.15. The maximum atomic E-state index is 12.4. The Balaban J connectivity index is 4.68. The standard InChI is InChI=1S/C16H31NO4/c1-5-6-7-8-9-17(10-11-18)14(19)12-16(4,13(2)3)15(20)21/h13,18H,5-12H2,1-4H3,(H,20,21). The molecule has 0 aliphatic rings. The summed E-state index contributed by atoms with van der Waals surface area (Å²) in [7, 11) is 0. The molecule has 0 aromatic carbocycles. The molecular weight excluding hydrogens is 270 g/mol. The molecule has 124 valence electrons. The summed E-state index contributed by atoms with van der Waals surface area (Å²) in [5, 5.41) is 18.5. The van der Waals surface area contributed by atoms with Crippen molar-refractivity contribution in [3.63, 3.8) is 0 Å². The zero-order chi connectivity index (χ0) is 16.5. The van der Waals surface area contributed by atoms with Crippen molar-refractivity contribution in [1.29, 1.82) is 0 Å². The number of carboxylic acid groups (broad SMARTS) is 1. The number of unbranched alkanes of at least 4 members (excludes halogenated alkanes) is 3. The summed E-state index contributed by atoms with van der Waals surface area (Å²) in [6, 6.07) is 0. The first kappa shape index (κ1) is 19.9. The summed E-state index contributed by atoms with van der Waals surface area (Å²) in [5.41, 5.74) is -1.06. The Hall–Kier alpha value is -1.10. The number of aliphatic hydroxyl groups excluding tert-OH is 1. The van der Waals surface area contributed by atoms with Crippen LogP contribution >= 0.6 is 0 Å². The predicted molar refractivity (Wildman–Crippen MR) is 83.0 cm³/mol. The maximum Gasteiger partial charge on any atom is 0.310 e. The van der Waals surface area contributed by atoms with Crippen molar-refractivity contribution in [3.05, 3.63) is 0 Å². The largest absolute Gasteiger partial charge is 0.481 e. The topological polar surface area (TPSA) is 77.8 Å². The van der Waals surface area contributed by atoms with E-state index in [1.54, 1.807) is 11.8 Å². The van der Waals surface area contributed by atoms with Crippen molar-refractivity contribution in [1.82, 2.24) is 4.90 Å². The molecule has 0 aromatic heterocycles. The normalized spacial score (nSPS) is 14.0. The smallest absolute Gasteiger partial charge is 0.310 e. The van der Waals surface area contributed by atoms with Gasteiger partial charge in [-0.15, -0.1) is 0 Å². The number of hydrogen-bond donors (Lipinski definition) is 2. The predicted octanol–water partition coefficient (Wildman–Crippen LogP) is 2.52. The highest BCUT2D eigenvalue weighted by Crippen LogP contribution is 2.32. The van der Waals surface area contributed by atoms with E-state index in [4.69, 9.17) is 5.11 Å². The van der Waals surface area contributed by atoms with Gasteiger partial charge in [-0.2, -0.15) is 0 Å². The number of aliphatic hydroxyl groups is 1. The molecule has 0 saturated carbocycles. The van der Waals surface area contributed by atoms with Crippen LogP contribution < -0.4 is 0 Å². The molecule has 0 rings (SSSR count). The lowest BCUT2D eigenvalue weighted by Gasteiger charge is -2.31. The molecule has 5 nitrogen and oxygen atoms in total. The van der Waals surface area contributed by atoms with Crippen LogP contribution in [0.1, 0.15) is 59.8 Å². The Morgan fingerprint density at radius 3 is 2.19 bits per heavy atom. The van der Waals surface area contributed by atoms with E-state index in [2.05, 4.69) is 6.92 Å². The van der Waals surface area contributed by atoms with Crippen LogP contribution in [0.25, 0.3) is 0 Å². The molecule has 1 amide bonds. The summed E-state index contributed by atoms with van der Waals surface area (Å²) < 4.78 is 0. The molecule has 1 atom stereocenters. The molecule has 0 heterocycles. The summed E-state index contributed by atoms with van der Waals surface area (Å²) in [4.78, 5) is 25.4. The minimum atomic E-state index is -1.06. The van der Waals surface area contributed by atoms with Crippen LogP contribution in [0.3, 0.4) is 0 Å². The van der Waals surface area contributed by atoms with E-state index in [-0.39, 0.29) is 31.4 Å². The van der Waals surface area contributed by atoms with Gasteiger partial charge in [-0.05, 0) is 19.3 Å². The quantitative estimate of drug-likeness (QED) is 0.575. The minimum Gasteiger partial charge on any atom is -0.481 e. The number of carbonyl (C=O) groups excluding carboxylic acids is 1. The fraction of sp³-hybridized carbons (Fsp3) is 0.875. The molecule has 1 unspecified atom stereocenters. The Kier molecular flexibility index (Phi) is 9.26. The van der Waals surface area contributed by atoms with Crippen LogP contribution in [-0.2, 0) is 9.59 Å². The fourth-order valence-corrected chi connectivity index (χ4v) is 2.16. The van der Waals surface area contributed by atoms with Crippen LogP contribution in [0.15, 0.2) is 0 Å². The number of rotatable bonds is 11. The van der Waals surface area contributed by atoms with E-state index in [9.17, 15) is 14.7 Å². The SMILES string of the molecule is CCCCCCN(CCO)C(=O)CC(C)(C(=O)O)C(C)C. The molecule has 0 aromatic rings. The average Bonchev–Trinajstić information content (AvgIpc) is 2.41. The molecule has 0 radical (unpaired) electrons. The molecule has 0 aliphatic carbocycles. The average molecular weight is 301 g/mol. The minimum absolute atomic E-state index is 0.0201. The van der Waals surface area contributed by atoms with Crippen molar-refractivity contribution >= 4 is 11.9 Å². The molecule has 0 fully saturated rings. The number of carbonyl (C=O) groups is 2. The zero-order valence-electron chi connectivity index (χ0n) is 13.9. The van der Waals surface area contributed by atoms with E-state index in [1.165, 1.54) is 0 Å². The molecule has 0 bridgehead atoms. The fourth-order valence-electron chi connectivity index (χ4n) is 2.16. The second-order valence-electron chi connectivity index (χ2n) is 6.22. The highest BCUT2D eigenvalue weighted by Gasteiger charge is 2.39. The van der Waals surface area contributed by atoms with Gasteiger partial charge in [-0.3, -0.25) is 9.59 Å². The van der Waals surface area contributed by atoms with Crippen molar-refractivity contribution in [2.45, 2.75) is 59.8 Å². The Labute approximate surface area is 128 Å². The van der Waals surface area contributed by atoms with Gasteiger partial charge in [-0.1, -0.05) is 40.0 Å².